The number of aliphatic hydroxyl groups excluding tert-OH is 1. The number of hydrogen-bond acceptors (Lipinski definition) is 3. The number of fused-ring (bicyclic) bond motifs is 1. The summed E-state index contributed by atoms with van der Waals surface area (Å²) in [7, 11) is 8.00. The zero-order chi connectivity index (χ0) is 15.4. The van der Waals surface area contributed by atoms with Crippen LogP contribution in [0.25, 0.3) is 10.9 Å². The van der Waals surface area contributed by atoms with Crippen molar-refractivity contribution < 1.29 is 9.84 Å². The Hall–Kier alpha value is -1.23. The molecule has 0 aliphatic carbocycles. The molecular formula is C17H27ClN2O2. The number of rotatable bonds is 7. The van der Waals surface area contributed by atoms with E-state index in [-0.39, 0.29) is 19.0 Å². The molecule has 0 radical (unpaired) electrons. The Bertz CT molecular complexity index is 608. The van der Waals surface area contributed by atoms with Crippen molar-refractivity contribution in [3.8, 4) is 5.75 Å². The summed E-state index contributed by atoms with van der Waals surface area (Å²) < 4.78 is 7.76. The number of halogens is 1. The van der Waals surface area contributed by atoms with Gasteiger partial charge in [-0.3, -0.25) is 0 Å². The SMILES string of the molecule is COc1ccc(CCCO)c2c1c(CCN(C)C)cn2C.Cl. The van der Waals surface area contributed by atoms with E-state index in [9.17, 15) is 0 Å². The molecule has 1 heterocycles. The molecule has 1 N–H and O–H groups in total. The molecule has 22 heavy (non-hydrogen) atoms. The molecule has 2 rings (SSSR count). The lowest BCUT2D eigenvalue weighted by Crippen LogP contribution is -2.14. The van der Waals surface area contributed by atoms with Gasteiger partial charge >= 0.3 is 0 Å². The Labute approximate surface area is 139 Å². The Morgan fingerprint density at radius 2 is 1.91 bits per heavy atom. The van der Waals surface area contributed by atoms with Gasteiger partial charge < -0.3 is 19.3 Å². The Kier molecular flexibility index (Phi) is 7.20. The molecule has 0 fully saturated rings. The van der Waals surface area contributed by atoms with Gasteiger partial charge in [0.1, 0.15) is 5.75 Å². The fraction of sp³-hybridized carbons (Fsp3) is 0.529. The quantitative estimate of drug-likeness (QED) is 0.850. The molecular weight excluding hydrogens is 300 g/mol. The largest absolute Gasteiger partial charge is 0.496 e. The number of aliphatic hydroxyl groups is 1. The summed E-state index contributed by atoms with van der Waals surface area (Å²) >= 11 is 0. The minimum Gasteiger partial charge on any atom is -0.496 e. The maximum atomic E-state index is 9.08. The first kappa shape index (κ1) is 18.8. The zero-order valence-corrected chi connectivity index (χ0v) is 14.7. The number of benzene rings is 1. The van der Waals surface area contributed by atoms with Crippen LogP contribution in [0.1, 0.15) is 17.5 Å². The Balaban J connectivity index is 0.00000242. The Morgan fingerprint density at radius 3 is 2.50 bits per heavy atom. The molecule has 0 unspecified atom stereocenters. The van der Waals surface area contributed by atoms with Gasteiger partial charge in [-0.05, 0) is 50.6 Å². The van der Waals surface area contributed by atoms with Crippen molar-refractivity contribution in [3.05, 3.63) is 29.5 Å². The number of ether oxygens (including phenoxy) is 1. The number of aromatic nitrogens is 1. The van der Waals surface area contributed by atoms with Crippen molar-refractivity contribution in [1.29, 1.82) is 0 Å². The molecule has 0 bridgehead atoms. The van der Waals surface area contributed by atoms with Crippen LogP contribution in [0.15, 0.2) is 18.3 Å². The maximum absolute atomic E-state index is 9.08. The number of nitrogens with zero attached hydrogens (tertiary/aromatic N) is 2. The Morgan fingerprint density at radius 1 is 1.18 bits per heavy atom. The van der Waals surface area contributed by atoms with Gasteiger partial charge in [-0.1, -0.05) is 6.07 Å². The number of hydrogen-bond donors (Lipinski definition) is 1. The van der Waals surface area contributed by atoms with Gasteiger partial charge in [0.25, 0.3) is 0 Å². The second kappa shape index (κ2) is 8.42. The highest BCUT2D eigenvalue weighted by atomic mass is 35.5. The van der Waals surface area contributed by atoms with Crippen LogP contribution in [-0.2, 0) is 19.9 Å². The first-order valence-electron chi connectivity index (χ1n) is 7.47. The molecule has 5 heteroatoms. The van der Waals surface area contributed by atoms with Gasteiger partial charge in [0.2, 0.25) is 0 Å². The van der Waals surface area contributed by atoms with Crippen LogP contribution < -0.4 is 4.74 Å². The number of likely N-dealkylation sites (N-methyl/N-ethyl adjacent to an activating group) is 1. The third-order valence-corrected chi connectivity index (χ3v) is 3.90. The van der Waals surface area contributed by atoms with Crippen LogP contribution in [0.4, 0.5) is 0 Å². The van der Waals surface area contributed by atoms with Crippen molar-refractivity contribution in [3.63, 3.8) is 0 Å². The molecule has 2 aromatic rings. The fourth-order valence-electron chi connectivity index (χ4n) is 2.87. The number of methoxy groups -OCH3 is 1. The summed E-state index contributed by atoms with van der Waals surface area (Å²) in [4.78, 5) is 2.20. The van der Waals surface area contributed by atoms with Crippen LogP contribution >= 0.6 is 12.4 Å². The van der Waals surface area contributed by atoms with E-state index in [4.69, 9.17) is 9.84 Å². The molecule has 0 atom stereocenters. The molecule has 4 nitrogen and oxygen atoms in total. The summed E-state index contributed by atoms with van der Waals surface area (Å²) in [5.41, 5.74) is 3.83. The minimum absolute atomic E-state index is 0. The van der Waals surface area contributed by atoms with Crippen molar-refractivity contribution in [1.82, 2.24) is 9.47 Å². The highest BCUT2D eigenvalue weighted by Gasteiger charge is 2.15. The van der Waals surface area contributed by atoms with E-state index < -0.39 is 0 Å². The van der Waals surface area contributed by atoms with Gasteiger partial charge in [0.05, 0.1) is 12.6 Å². The monoisotopic (exact) mass is 326 g/mol. The lowest BCUT2D eigenvalue weighted by molar-refractivity contribution is 0.288. The molecule has 0 spiro atoms. The van der Waals surface area contributed by atoms with E-state index in [2.05, 4.69) is 42.9 Å². The van der Waals surface area contributed by atoms with Gasteiger partial charge in [-0.25, -0.2) is 0 Å². The average Bonchev–Trinajstić information content (AvgIpc) is 2.80. The predicted octanol–water partition coefficient (Wildman–Crippen LogP) is 2.64. The smallest absolute Gasteiger partial charge is 0.128 e. The van der Waals surface area contributed by atoms with Crippen molar-refractivity contribution in [2.45, 2.75) is 19.3 Å². The van der Waals surface area contributed by atoms with Crippen molar-refractivity contribution >= 4 is 23.3 Å². The predicted molar refractivity (Wildman–Crippen MR) is 94.4 cm³/mol. The molecule has 1 aromatic carbocycles. The minimum atomic E-state index is 0. The van der Waals surface area contributed by atoms with Crippen LogP contribution in [0.2, 0.25) is 0 Å². The van der Waals surface area contributed by atoms with E-state index in [1.54, 1.807) is 7.11 Å². The summed E-state index contributed by atoms with van der Waals surface area (Å²) in [5.74, 6) is 0.937. The molecule has 0 aliphatic heterocycles. The second-order valence-electron chi connectivity index (χ2n) is 5.80. The van der Waals surface area contributed by atoms with Gasteiger partial charge in [-0.2, -0.15) is 0 Å². The molecule has 0 saturated carbocycles. The van der Waals surface area contributed by atoms with Gasteiger partial charge in [0.15, 0.2) is 0 Å². The first-order chi connectivity index (χ1) is 10.1. The topological polar surface area (TPSA) is 37.6 Å². The normalized spacial score (nSPS) is 11.0. The van der Waals surface area contributed by atoms with Gasteiger partial charge in [0, 0.05) is 31.8 Å². The lowest BCUT2D eigenvalue weighted by Gasteiger charge is -2.11. The van der Waals surface area contributed by atoms with E-state index in [0.29, 0.717) is 0 Å². The average molecular weight is 327 g/mol. The fourth-order valence-corrected chi connectivity index (χ4v) is 2.87. The van der Waals surface area contributed by atoms with Crippen LogP contribution in [0, 0.1) is 0 Å². The molecule has 124 valence electrons. The van der Waals surface area contributed by atoms with Crippen LogP contribution in [-0.4, -0.2) is 48.9 Å². The van der Waals surface area contributed by atoms with E-state index >= 15 is 0 Å². The third-order valence-electron chi connectivity index (χ3n) is 3.90. The number of aryl methyl sites for hydroxylation is 2. The highest BCUT2D eigenvalue weighted by molar-refractivity contribution is 5.92. The maximum Gasteiger partial charge on any atom is 0.128 e. The van der Waals surface area contributed by atoms with Crippen molar-refractivity contribution in [2.75, 3.05) is 34.4 Å². The zero-order valence-electron chi connectivity index (χ0n) is 13.9. The lowest BCUT2D eigenvalue weighted by atomic mass is 10.0. The summed E-state index contributed by atoms with van der Waals surface area (Å²) in [6.07, 6.45) is 4.89. The van der Waals surface area contributed by atoms with Crippen LogP contribution in [0.3, 0.4) is 0 Å². The van der Waals surface area contributed by atoms with E-state index in [1.165, 1.54) is 22.0 Å². The first-order valence-corrected chi connectivity index (χ1v) is 7.47. The third kappa shape index (κ3) is 3.94. The van der Waals surface area contributed by atoms with Gasteiger partial charge in [-0.15, -0.1) is 12.4 Å². The molecule has 0 amide bonds. The van der Waals surface area contributed by atoms with E-state index in [0.717, 1.165) is 31.6 Å². The molecule has 0 saturated heterocycles. The summed E-state index contributed by atoms with van der Waals surface area (Å²) in [6, 6.07) is 4.17. The summed E-state index contributed by atoms with van der Waals surface area (Å²) in [5, 5.41) is 10.3. The molecule has 0 aliphatic rings. The standard InChI is InChI=1S/C17H26N2O2.ClH/c1-18(2)10-9-14-12-19(3)17-13(6-5-11-20)7-8-15(21-4)16(14)17;/h7-8,12,20H,5-6,9-11H2,1-4H3;1H. The second-order valence-corrected chi connectivity index (χ2v) is 5.80. The summed E-state index contributed by atoms with van der Waals surface area (Å²) in [6.45, 7) is 1.24. The highest BCUT2D eigenvalue weighted by Crippen LogP contribution is 2.33. The van der Waals surface area contributed by atoms with Crippen LogP contribution in [0.5, 0.6) is 5.75 Å². The van der Waals surface area contributed by atoms with Crippen molar-refractivity contribution in [2.24, 2.45) is 7.05 Å². The van der Waals surface area contributed by atoms with E-state index in [1.807, 2.05) is 6.07 Å². The molecule has 1 aromatic heterocycles.